The molecule has 11 heteroatoms. The number of pyridine rings is 2. The van der Waals surface area contributed by atoms with E-state index in [4.69, 9.17) is 11.6 Å². The zero-order valence-electron chi connectivity index (χ0n) is 26.4. The third kappa shape index (κ3) is 6.78. The zero-order chi connectivity index (χ0) is 32.8. The summed E-state index contributed by atoms with van der Waals surface area (Å²) in [6.45, 7) is 6.77. The minimum absolute atomic E-state index is 0.117. The van der Waals surface area contributed by atoms with Crippen LogP contribution in [0.15, 0.2) is 73.1 Å². The van der Waals surface area contributed by atoms with Gasteiger partial charge in [-0.1, -0.05) is 48.0 Å². The van der Waals surface area contributed by atoms with Crippen molar-refractivity contribution in [2.45, 2.75) is 76.0 Å². The number of aryl methyl sites for hydroxylation is 1. The van der Waals surface area contributed by atoms with Crippen LogP contribution in [0.3, 0.4) is 0 Å². The number of benzene rings is 2. The van der Waals surface area contributed by atoms with Crippen LogP contribution in [0, 0.1) is 6.92 Å². The Hall–Kier alpha value is -3.15. The van der Waals surface area contributed by atoms with Gasteiger partial charge in [-0.2, -0.15) is 4.31 Å². The molecule has 0 radical (unpaired) electrons. The molecule has 3 unspecified atom stereocenters. The van der Waals surface area contributed by atoms with E-state index in [9.17, 15) is 16.8 Å². The summed E-state index contributed by atoms with van der Waals surface area (Å²) in [5.41, 5.74) is 9.18. The number of hydrogen-bond acceptors (Lipinski definition) is 6. The first-order valence-corrected chi connectivity index (χ1v) is 19.0. The van der Waals surface area contributed by atoms with Gasteiger partial charge in [0.15, 0.2) is 0 Å². The number of nitrogens with one attached hydrogen (secondary N) is 1. The molecule has 4 aromatic rings. The van der Waals surface area contributed by atoms with E-state index in [1.165, 1.54) is 4.31 Å². The Labute approximate surface area is 277 Å². The number of sulfonamides is 2. The van der Waals surface area contributed by atoms with Crippen molar-refractivity contribution < 1.29 is 16.8 Å². The van der Waals surface area contributed by atoms with Gasteiger partial charge in [0.2, 0.25) is 20.0 Å². The fourth-order valence-electron chi connectivity index (χ4n) is 6.46. The van der Waals surface area contributed by atoms with Crippen molar-refractivity contribution in [1.82, 2.24) is 19.0 Å². The third-order valence-corrected chi connectivity index (χ3v) is 13.5. The van der Waals surface area contributed by atoms with E-state index in [0.29, 0.717) is 30.8 Å². The van der Waals surface area contributed by atoms with E-state index < -0.39 is 30.5 Å². The fourth-order valence-corrected chi connectivity index (χ4v) is 9.42. The first-order valence-electron chi connectivity index (χ1n) is 15.6. The second kappa shape index (κ2) is 12.8. The summed E-state index contributed by atoms with van der Waals surface area (Å²) < 4.78 is 59.1. The van der Waals surface area contributed by atoms with E-state index >= 15 is 0 Å². The molecule has 1 N–H and O–H groups in total. The van der Waals surface area contributed by atoms with E-state index in [-0.39, 0.29) is 18.6 Å². The number of aromatic nitrogens is 2. The van der Waals surface area contributed by atoms with Gasteiger partial charge in [-0.05, 0) is 111 Å². The summed E-state index contributed by atoms with van der Waals surface area (Å²) in [4.78, 5) is 8.71. The molecule has 242 valence electrons. The Kier molecular flexibility index (Phi) is 9.12. The van der Waals surface area contributed by atoms with Gasteiger partial charge in [0.25, 0.3) is 0 Å². The number of nitrogens with zero attached hydrogens (tertiary/aromatic N) is 3. The van der Waals surface area contributed by atoms with Crippen molar-refractivity contribution in [3.05, 3.63) is 106 Å². The summed E-state index contributed by atoms with van der Waals surface area (Å²) in [6.07, 6.45) is 5.74. The van der Waals surface area contributed by atoms with Crippen molar-refractivity contribution in [2.75, 3.05) is 6.54 Å². The van der Waals surface area contributed by atoms with E-state index in [2.05, 4.69) is 26.8 Å². The fraction of sp³-hybridized carbons (Fsp3) is 0.371. The second-order valence-electron chi connectivity index (χ2n) is 12.9. The van der Waals surface area contributed by atoms with Gasteiger partial charge < -0.3 is 0 Å². The van der Waals surface area contributed by atoms with Gasteiger partial charge in [0, 0.05) is 42.1 Å². The molecule has 2 aliphatic carbocycles. The average Bonchev–Trinajstić information content (AvgIpc) is 3.62. The summed E-state index contributed by atoms with van der Waals surface area (Å²) in [6, 6.07) is 19.3. The Bertz CT molecular complexity index is 1970. The zero-order valence-corrected chi connectivity index (χ0v) is 28.8. The van der Waals surface area contributed by atoms with Crippen LogP contribution in [0.25, 0.3) is 22.4 Å². The maximum absolute atomic E-state index is 13.7. The standard InChI is InChI=1S/C35H39ClN4O4S2/c1-22(2)46(43,44)40(33-17-27-8-9-28(14-31(27)18-33)34-11-5-23(3)19-37-34)21-24(4)45(41,42)39-32-15-26-7-6-25(13-30(26)16-32)29-10-12-35(36)38-20-29/h5-14,19-20,22,24,32-33,39H,15-18,21H2,1-4H3. The van der Waals surface area contributed by atoms with Crippen molar-refractivity contribution in [2.24, 2.45) is 0 Å². The maximum Gasteiger partial charge on any atom is 0.216 e. The monoisotopic (exact) mass is 678 g/mol. The van der Waals surface area contributed by atoms with Crippen LogP contribution in [0.2, 0.25) is 5.15 Å². The molecule has 2 aromatic carbocycles. The van der Waals surface area contributed by atoms with Crippen LogP contribution in [0.4, 0.5) is 0 Å². The maximum atomic E-state index is 13.7. The van der Waals surface area contributed by atoms with Gasteiger partial charge >= 0.3 is 0 Å². The molecule has 2 heterocycles. The van der Waals surface area contributed by atoms with Crippen LogP contribution in [0.1, 0.15) is 48.6 Å². The van der Waals surface area contributed by atoms with Crippen molar-refractivity contribution in [1.29, 1.82) is 0 Å². The minimum atomic E-state index is -3.84. The summed E-state index contributed by atoms with van der Waals surface area (Å²) >= 11 is 5.94. The predicted molar refractivity (Wildman–Crippen MR) is 184 cm³/mol. The highest BCUT2D eigenvalue weighted by molar-refractivity contribution is 7.90. The highest BCUT2D eigenvalue weighted by atomic mass is 35.5. The summed E-state index contributed by atoms with van der Waals surface area (Å²) in [5.74, 6) is 0. The molecule has 0 amide bonds. The molecule has 0 saturated carbocycles. The number of fused-ring (bicyclic) bond motifs is 2. The first kappa shape index (κ1) is 32.8. The lowest BCUT2D eigenvalue weighted by molar-refractivity contribution is 0.323. The second-order valence-corrected chi connectivity index (χ2v) is 17.8. The van der Waals surface area contributed by atoms with E-state index in [1.807, 2.05) is 55.6 Å². The SMILES string of the molecule is Cc1ccc(-c2ccc3c(c2)CC(N(CC(C)S(=O)(=O)NC2Cc4ccc(-c5ccc(Cl)nc5)cc4C2)S(=O)(=O)C(C)C)C3)nc1. The highest BCUT2D eigenvalue weighted by Crippen LogP contribution is 2.33. The Morgan fingerprint density at radius 1 is 0.783 bits per heavy atom. The lowest BCUT2D eigenvalue weighted by atomic mass is 10.0. The quantitative estimate of drug-likeness (QED) is 0.214. The average molecular weight is 679 g/mol. The molecule has 0 spiro atoms. The van der Waals surface area contributed by atoms with Gasteiger partial charge in [-0.25, -0.2) is 26.5 Å². The molecule has 0 saturated heterocycles. The largest absolute Gasteiger partial charge is 0.256 e. The Balaban J connectivity index is 1.16. The Morgan fingerprint density at radius 2 is 1.41 bits per heavy atom. The van der Waals surface area contributed by atoms with Crippen LogP contribution in [-0.2, 0) is 45.7 Å². The molecule has 0 bridgehead atoms. The lowest BCUT2D eigenvalue weighted by Gasteiger charge is -2.32. The molecule has 0 fully saturated rings. The van der Waals surface area contributed by atoms with Crippen LogP contribution in [-0.4, -0.2) is 60.2 Å². The van der Waals surface area contributed by atoms with E-state index in [1.54, 1.807) is 33.0 Å². The molecule has 2 aromatic heterocycles. The topological polar surface area (TPSA) is 109 Å². The molecule has 46 heavy (non-hydrogen) atoms. The summed E-state index contributed by atoms with van der Waals surface area (Å²) in [7, 11) is -7.59. The number of halogens is 1. The van der Waals surface area contributed by atoms with Gasteiger partial charge in [-0.3, -0.25) is 4.98 Å². The normalized spacial score (nSPS) is 18.6. The third-order valence-electron chi connectivity index (χ3n) is 9.15. The van der Waals surface area contributed by atoms with Gasteiger partial charge in [-0.15, -0.1) is 0 Å². The molecule has 2 aliphatic rings. The van der Waals surface area contributed by atoms with Crippen LogP contribution < -0.4 is 4.72 Å². The van der Waals surface area contributed by atoms with Crippen LogP contribution in [0.5, 0.6) is 0 Å². The minimum Gasteiger partial charge on any atom is -0.256 e. The molecular formula is C35H39ClN4O4S2. The molecule has 3 atom stereocenters. The molecule has 0 aliphatic heterocycles. The van der Waals surface area contributed by atoms with Crippen molar-refractivity contribution in [3.63, 3.8) is 0 Å². The van der Waals surface area contributed by atoms with Gasteiger partial charge in [0.1, 0.15) is 5.15 Å². The molecule has 8 nitrogen and oxygen atoms in total. The van der Waals surface area contributed by atoms with E-state index in [0.717, 1.165) is 50.2 Å². The molecule has 6 rings (SSSR count). The van der Waals surface area contributed by atoms with Gasteiger partial charge in [0.05, 0.1) is 16.2 Å². The summed E-state index contributed by atoms with van der Waals surface area (Å²) in [5, 5.41) is -1.20. The number of rotatable bonds is 10. The van der Waals surface area contributed by atoms with Crippen molar-refractivity contribution in [3.8, 4) is 22.4 Å². The van der Waals surface area contributed by atoms with Crippen LogP contribution >= 0.6 is 11.6 Å². The number of hydrogen-bond donors (Lipinski definition) is 1. The van der Waals surface area contributed by atoms with Crippen molar-refractivity contribution >= 4 is 31.6 Å². The lowest BCUT2D eigenvalue weighted by Crippen LogP contribution is -2.51. The molecular weight excluding hydrogens is 640 g/mol. The first-order chi connectivity index (χ1) is 21.8. The smallest absolute Gasteiger partial charge is 0.216 e. The highest BCUT2D eigenvalue weighted by Gasteiger charge is 2.39. The predicted octanol–water partition coefficient (Wildman–Crippen LogP) is 5.76. The Morgan fingerprint density at radius 3 is 2.09 bits per heavy atom.